The number of hydrogen-bond donors (Lipinski definition) is 1. The standard InChI is InChI=1S/C16H25N/c1-3-5-6-13-7-9-14(10-8-13)16(17-4-2)15-11-12-15/h7-10,15-17H,3-6,11-12H2,1-2H3. The highest BCUT2D eigenvalue weighted by atomic mass is 14.9. The summed E-state index contributed by atoms with van der Waals surface area (Å²) in [6, 6.07) is 9.89. The molecule has 1 unspecified atom stereocenters. The van der Waals surface area contributed by atoms with Gasteiger partial charge < -0.3 is 5.32 Å². The summed E-state index contributed by atoms with van der Waals surface area (Å²) >= 11 is 0. The first-order chi connectivity index (χ1) is 8.35. The molecule has 0 bridgehead atoms. The van der Waals surface area contributed by atoms with E-state index in [-0.39, 0.29) is 0 Å². The lowest BCUT2D eigenvalue weighted by Gasteiger charge is -2.18. The fourth-order valence-corrected chi connectivity index (χ4v) is 2.48. The van der Waals surface area contributed by atoms with Crippen molar-refractivity contribution in [1.29, 1.82) is 0 Å². The molecule has 1 aromatic carbocycles. The Hall–Kier alpha value is -0.820. The van der Waals surface area contributed by atoms with Gasteiger partial charge in [-0.25, -0.2) is 0 Å². The van der Waals surface area contributed by atoms with Gasteiger partial charge in [0.1, 0.15) is 0 Å². The number of aryl methyl sites for hydroxylation is 1. The third-order valence-electron chi connectivity index (χ3n) is 3.68. The molecule has 0 aromatic heterocycles. The van der Waals surface area contributed by atoms with E-state index in [9.17, 15) is 0 Å². The Morgan fingerprint density at radius 3 is 2.41 bits per heavy atom. The molecule has 1 heteroatoms. The fourth-order valence-electron chi connectivity index (χ4n) is 2.48. The minimum Gasteiger partial charge on any atom is -0.310 e. The Labute approximate surface area is 106 Å². The van der Waals surface area contributed by atoms with Crippen molar-refractivity contribution < 1.29 is 0 Å². The van der Waals surface area contributed by atoms with Crippen LogP contribution in [0.15, 0.2) is 24.3 Å². The monoisotopic (exact) mass is 231 g/mol. The molecule has 1 nitrogen and oxygen atoms in total. The maximum atomic E-state index is 3.62. The Balaban J connectivity index is 1.99. The Morgan fingerprint density at radius 1 is 1.18 bits per heavy atom. The topological polar surface area (TPSA) is 12.0 Å². The number of benzene rings is 1. The van der Waals surface area contributed by atoms with Crippen LogP contribution in [0.1, 0.15) is 56.7 Å². The highest BCUT2D eigenvalue weighted by molar-refractivity contribution is 5.26. The largest absolute Gasteiger partial charge is 0.310 e. The van der Waals surface area contributed by atoms with Crippen molar-refractivity contribution in [3.05, 3.63) is 35.4 Å². The van der Waals surface area contributed by atoms with E-state index in [4.69, 9.17) is 0 Å². The maximum Gasteiger partial charge on any atom is 0.0348 e. The van der Waals surface area contributed by atoms with Gasteiger partial charge in [-0.15, -0.1) is 0 Å². The van der Waals surface area contributed by atoms with Crippen molar-refractivity contribution in [1.82, 2.24) is 5.32 Å². The van der Waals surface area contributed by atoms with Gasteiger partial charge in [0.25, 0.3) is 0 Å². The van der Waals surface area contributed by atoms with E-state index in [0.29, 0.717) is 6.04 Å². The molecule has 0 spiro atoms. The van der Waals surface area contributed by atoms with Crippen molar-refractivity contribution >= 4 is 0 Å². The molecule has 1 aromatic rings. The van der Waals surface area contributed by atoms with Gasteiger partial charge in [-0.3, -0.25) is 0 Å². The van der Waals surface area contributed by atoms with Crippen LogP contribution in [-0.4, -0.2) is 6.54 Å². The molecule has 0 heterocycles. The maximum absolute atomic E-state index is 3.62. The van der Waals surface area contributed by atoms with Crippen LogP contribution in [-0.2, 0) is 6.42 Å². The number of nitrogens with one attached hydrogen (secondary N) is 1. The van der Waals surface area contributed by atoms with Crippen LogP contribution in [0.25, 0.3) is 0 Å². The number of rotatable bonds is 7. The van der Waals surface area contributed by atoms with Crippen LogP contribution in [0.5, 0.6) is 0 Å². The van der Waals surface area contributed by atoms with Gasteiger partial charge in [-0.2, -0.15) is 0 Å². The summed E-state index contributed by atoms with van der Waals surface area (Å²) in [5.74, 6) is 0.886. The molecule has 1 N–H and O–H groups in total. The van der Waals surface area contributed by atoms with Crippen molar-refractivity contribution in [2.45, 2.75) is 52.0 Å². The summed E-state index contributed by atoms with van der Waals surface area (Å²) < 4.78 is 0. The van der Waals surface area contributed by atoms with Crippen LogP contribution in [0.2, 0.25) is 0 Å². The summed E-state index contributed by atoms with van der Waals surface area (Å²) in [4.78, 5) is 0. The van der Waals surface area contributed by atoms with Gasteiger partial charge in [0.05, 0.1) is 0 Å². The second kappa shape index (κ2) is 6.20. The molecule has 1 aliphatic carbocycles. The summed E-state index contributed by atoms with van der Waals surface area (Å²) in [6.07, 6.45) is 6.61. The van der Waals surface area contributed by atoms with Crippen LogP contribution >= 0.6 is 0 Å². The third-order valence-corrected chi connectivity index (χ3v) is 3.68. The van der Waals surface area contributed by atoms with Gasteiger partial charge in [-0.1, -0.05) is 44.5 Å². The predicted octanol–water partition coefficient (Wildman–Crippen LogP) is 4.09. The first-order valence-corrected chi connectivity index (χ1v) is 7.17. The first-order valence-electron chi connectivity index (χ1n) is 7.17. The Bertz CT molecular complexity index is 324. The smallest absolute Gasteiger partial charge is 0.0348 e. The minimum absolute atomic E-state index is 0.597. The fraction of sp³-hybridized carbons (Fsp3) is 0.625. The molecule has 0 aliphatic heterocycles. The highest BCUT2D eigenvalue weighted by Crippen LogP contribution is 2.40. The quantitative estimate of drug-likeness (QED) is 0.745. The van der Waals surface area contributed by atoms with E-state index in [2.05, 4.69) is 43.4 Å². The lowest BCUT2D eigenvalue weighted by molar-refractivity contribution is 0.496. The second-order valence-electron chi connectivity index (χ2n) is 5.22. The summed E-state index contributed by atoms with van der Waals surface area (Å²) in [6.45, 7) is 5.52. The zero-order chi connectivity index (χ0) is 12.1. The first kappa shape index (κ1) is 12.6. The van der Waals surface area contributed by atoms with Crippen LogP contribution in [0, 0.1) is 5.92 Å². The van der Waals surface area contributed by atoms with Gasteiger partial charge >= 0.3 is 0 Å². The van der Waals surface area contributed by atoms with E-state index in [1.165, 1.54) is 43.2 Å². The molecule has 1 aliphatic rings. The molecule has 94 valence electrons. The van der Waals surface area contributed by atoms with Gasteiger partial charge in [0, 0.05) is 6.04 Å². The molecule has 0 radical (unpaired) electrons. The van der Waals surface area contributed by atoms with Crippen LogP contribution in [0.4, 0.5) is 0 Å². The third kappa shape index (κ3) is 3.57. The SMILES string of the molecule is CCCCc1ccc(C(NCC)C2CC2)cc1. The predicted molar refractivity (Wildman–Crippen MR) is 74.2 cm³/mol. The van der Waals surface area contributed by atoms with Crippen molar-refractivity contribution in [2.75, 3.05) is 6.54 Å². The van der Waals surface area contributed by atoms with E-state index in [1.54, 1.807) is 0 Å². The normalized spacial score (nSPS) is 17.1. The lowest BCUT2D eigenvalue weighted by atomic mass is 9.99. The summed E-state index contributed by atoms with van der Waals surface area (Å²) in [5, 5.41) is 3.62. The minimum atomic E-state index is 0.597. The van der Waals surface area contributed by atoms with Crippen molar-refractivity contribution in [3.8, 4) is 0 Å². The molecular formula is C16H25N. The van der Waals surface area contributed by atoms with E-state index in [0.717, 1.165) is 12.5 Å². The van der Waals surface area contributed by atoms with Crippen LogP contribution in [0.3, 0.4) is 0 Å². The second-order valence-corrected chi connectivity index (χ2v) is 5.22. The summed E-state index contributed by atoms with van der Waals surface area (Å²) in [5.41, 5.74) is 2.97. The zero-order valence-corrected chi connectivity index (χ0v) is 11.2. The number of unbranched alkanes of at least 4 members (excludes halogenated alkanes) is 1. The van der Waals surface area contributed by atoms with E-state index < -0.39 is 0 Å². The highest BCUT2D eigenvalue weighted by Gasteiger charge is 2.31. The van der Waals surface area contributed by atoms with E-state index in [1.807, 2.05) is 0 Å². The molecular weight excluding hydrogens is 206 g/mol. The van der Waals surface area contributed by atoms with Gasteiger partial charge in [-0.05, 0) is 49.3 Å². The molecule has 1 atom stereocenters. The van der Waals surface area contributed by atoms with Crippen molar-refractivity contribution in [2.24, 2.45) is 5.92 Å². The van der Waals surface area contributed by atoms with Gasteiger partial charge in [0.2, 0.25) is 0 Å². The molecule has 1 fully saturated rings. The number of hydrogen-bond acceptors (Lipinski definition) is 1. The summed E-state index contributed by atoms with van der Waals surface area (Å²) in [7, 11) is 0. The Kier molecular flexibility index (Phi) is 4.61. The molecule has 1 saturated carbocycles. The molecule has 2 rings (SSSR count). The average Bonchev–Trinajstić information content (AvgIpc) is 3.18. The van der Waals surface area contributed by atoms with Gasteiger partial charge in [0.15, 0.2) is 0 Å². The van der Waals surface area contributed by atoms with E-state index >= 15 is 0 Å². The molecule has 17 heavy (non-hydrogen) atoms. The average molecular weight is 231 g/mol. The zero-order valence-electron chi connectivity index (χ0n) is 11.2. The Morgan fingerprint density at radius 2 is 1.88 bits per heavy atom. The molecule has 0 amide bonds. The van der Waals surface area contributed by atoms with Crippen LogP contribution < -0.4 is 5.32 Å². The molecule has 0 saturated heterocycles. The lowest BCUT2D eigenvalue weighted by Crippen LogP contribution is -2.22. The van der Waals surface area contributed by atoms with Crippen molar-refractivity contribution in [3.63, 3.8) is 0 Å².